The fourth-order valence-electron chi connectivity index (χ4n) is 2.07. The normalized spacial score (nSPS) is 17.6. The number of aryl methyl sites for hydroxylation is 1. The lowest BCUT2D eigenvalue weighted by Gasteiger charge is -2.23. The van der Waals surface area contributed by atoms with Gasteiger partial charge in [-0.05, 0) is 35.0 Å². The highest BCUT2D eigenvalue weighted by molar-refractivity contribution is 9.10. The molecule has 0 spiro atoms. The van der Waals surface area contributed by atoms with E-state index in [9.17, 15) is 0 Å². The molecule has 4 heteroatoms. The SMILES string of the molecule is CC1Oc2c(Br)cccc2-c2nn(C)cc21. The molecule has 0 N–H and O–H groups in total. The Morgan fingerprint density at radius 3 is 3.06 bits per heavy atom. The van der Waals surface area contributed by atoms with Gasteiger partial charge >= 0.3 is 0 Å². The minimum absolute atomic E-state index is 0.0508. The molecule has 16 heavy (non-hydrogen) atoms. The summed E-state index contributed by atoms with van der Waals surface area (Å²) in [6.45, 7) is 2.04. The predicted octanol–water partition coefficient (Wildman–Crippen LogP) is 3.30. The summed E-state index contributed by atoms with van der Waals surface area (Å²) < 4.78 is 8.72. The lowest BCUT2D eigenvalue weighted by Crippen LogP contribution is -2.09. The second-order valence-corrected chi connectivity index (χ2v) is 4.84. The number of halogens is 1. The van der Waals surface area contributed by atoms with Crippen LogP contribution in [0.2, 0.25) is 0 Å². The van der Waals surface area contributed by atoms with E-state index in [1.54, 1.807) is 0 Å². The standard InChI is InChI=1S/C12H11BrN2O/c1-7-9-6-15(2)14-11(9)8-4-3-5-10(13)12(8)16-7/h3-7H,1-2H3. The number of ether oxygens (including phenoxy) is 1. The fraction of sp³-hybridized carbons (Fsp3) is 0.250. The van der Waals surface area contributed by atoms with Crippen LogP contribution in [-0.4, -0.2) is 9.78 Å². The molecule has 0 fully saturated rings. The second-order valence-electron chi connectivity index (χ2n) is 3.98. The van der Waals surface area contributed by atoms with Crippen molar-refractivity contribution in [2.45, 2.75) is 13.0 Å². The highest BCUT2D eigenvalue weighted by Crippen LogP contribution is 2.44. The Morgan fingerprint density at radius 1 is 1.44 bits per heavy atom. The van der Waals surface area contributed by atoms with Crippen molar-refractivity contribution in [3.05, 3.63) is 34.4 Å². The third kappa shape index (κ3) is 1.29. The first-order valence-corrected chi connectivity index (χ1v) is 5.95. The molecule has 2 heterocycles. The zero-order valence-corrected chi connectivity index (χ0v) is 10.7. The zero-order valence-electron chi connectivity index (χ0n) is 9.07. The second kappa shape index (κ2) is 3.35. The van der Waals surface area contributed by atoms with E-state index in [0.717, 1.165) is 27.0 Å². The molecule has 0 saturated heterocycles. The summed E-state index contributed by atoms with van der Waals surface area (Å²) in [5, 5.41) is 4.50. The van der Waals surface area contributed by atoms with Crippen molar-refractivity contribution < 1.29 is 4.74 Å². The molecule has 0 amide bonds. The van der Waals surface area contributed by atoms with E-state index in [1.165, 1.54) is 0 Å². The Bertz CT molecular complexity index is 562. The van der Waals surface area contributed by atoms with Crippen molar-refractivity contribution in [1.82, 2.24) is 9.78 Å². The van der Waals surface area contributed by atoms with Crippen LogP contribution in [0.4, 0.5) is 0 Å². The molecule has 0 bridgehead atoms. The monoisotopic (exact) mass is 278 g/mol. The molecule has 1 unspecified atom stereocenters. The average molecular weight is 279 g/mol. The van der Waals surface area contributed by atoms with Crippen LogP contribution < -0.4 is 4.74 Å². The van der Waals surface area contributed by atoms with Crippen molar-refractivity contribution in [2.75, 3.05) is 0 Å². The van der Waals surface area contributed by atoms with E-state index >= 15 is 0 Å². The lowest BCUT2D eigenvalue weighted by molar-refractivity contribution is 0.222. The summed E-state index contributed by atoms with van der Waals surface area (Å²) in [4.78, 5) is 0. The molecule has 1 aliphatic rings. The van der Waals surface area contributed by atoms with E-state index in [0.29, 0.717) is 0 Å². The topological polar surface area (TPSA) is 27.1 Å². The van der Waals surface area contributed by atoms with Gasteiger partial charge in [-0.3, -0.25) is 4.68 Å². The first kappa shape index (κ1) is 9.90. The maximum Gasteiger partial charge on any atom is 0.143 e. The predicted molar refractivity (Wildman–Crippen MR) is 65.4 cm³/mol. The molecular formula is C12H11BrN2O. The highest BCUT2D eigenvalue weighted by Gasteiger charge is 2.27. The summed E-state index contributed by atoms with van der Waals surface area (Å²) in [5.41, 5.74) is 3.23. The Hall–Kier alpha value is -1.29. The molecule has 1 aromatic carbocycles. The van der Waals surface area contributed by atoms with Gasteiger partial charge in [-0.1, -0.05) is 6.07 Å². The Morgan fingerprint density at radius 2 is 2.25 bits per heavy atom. The number of para-hydroxylation sites is 1. The molecule has 0 radical (unpaired) electrons. The third-order valence-electron chi connectivity index (χ3n) is 2.81. The number of benzene rings is 1. The van der Waals surface area contributed by atoms with E-state index in [4.69, 9.17) is 4.74 Å². The summed E-state index contributed by atoms with van der Waals surface area (Å²) in [7, 11) is 1.93. The molecule has 82 valence electrons. The summed E-state index contributed by atoms with van der Waals surface area (Å²) in [6, 6.07) is 6.03. The van der Waals surface area contributed by atoms with Crippen molar-refractivity contribution in [3.63, 3.8) is 0 Å². The smallest absolute Gasteiger partial charge is 0.143 e. The third-order valence-corrected chi connectivity index (χ3v) is 3.44. The molecule has 0 saturated carbocycles. The maximum atomic E-state index is 5.90. The summed E-state index contributed by atoms with van der Waals surface area (Å²) in [6.07, 6.45) is 2.07. The minimum Gasteiger partial charge on any atom is -0.484 e. The van der Waals surface area contributed by atoms with Crippen LogP contribution in [0, 0.1) is 0 Å². The van der Waals surface area contributed by atoms with Gasteiger partial charge in [0.15, 0.2) is 0 Å². The minimum atomic E-state index is 0.0508. The van der Waals surface area contributed by atoms with Gasteiger partial charge in [-0.15, -0.1) is 0 Å². The van der Waals surface area contributed by atoms with Gasteiger partial charge in [-0.25, -0.2) is 0 Å². The van der Waals surface area contributed by atoms with Crippen LogP contribution in [0.1, 0.15) is 18.6 Å². The number of hydrogen-bond donors (Lipinski definition) is 0. The van der Waals surface area contributed by atoms with Crippen LogP contribution in [0.5, 0.6) is 5.75 Å². The highest BCUT2D eigenvalue weighted by atomic mass is 79.9. The van der Waals surface area contributed by atoms with E-state index < -0.39 is 0 Å². The number of hydrogen-bond acceptors (Lipinski definition) is 2. The average Bonchev–Trinajstić information content (AvgIpc) is 2.63. The molecule has 2 aromatic rings. The molecule has 3 rings (SSSR count). The van der Waals surface area contributed by atoms with E-state index in [2.05, 4.69) is 21.0 Å². The Kier molecular flexibility index (Phi) is 2.07. The molecule has 1 aliphatic heterocycles. The zero-order chi connectivity index (χ0) is 11.3. The van der Waals surface area contributed by atoms with Crippen molar-refractivity contribution in [1.29, 1.82) is 0 Å². The van der Waals surface area contributed by atoms with Crippen molar-refractivity contribution in [2.24, 2.45) is 7.05 Å². The van der Waals surface area contributed by atoms with E-state index in [-0.39, 0.29) is 6.10 Å². The first-order valence-electron chi connectivity index (χ1n) is 5.16. The van der Waals surface area contributed by atoms with Crippen LogP contribution in [-0.2, 0) is 7.05 Å². The lowest BCUT2D eigenvalue weighted by atomic mass is 10.0. The maximum absolute atomic E-state index is 5.90. The van der Waals surface area contributed by atoms with Gasteiger partial charge in [0.2, 0.25) is 0 Å². The quantitative estimate of drug-likeness (QED) is 0.739. The number of aromatic nitrogens is 2. The van der Waals surface area contributed by atoms with Gasteiger partial charge in [-0.2, -0.15) is 5.10 Å². The van der Waals surface area contributed by atoms with Crippen LogP contribution >= 0.6 is 15.9 Å². The van der Waals surface area contributed by atoms with Gasteiger partial charge in [0, 0.05) is 24.4 Å². The summed E-state index contributed by atoms with van der Waals surface area (Å²) >= 11 is 3.51. The molecule has 3 nitrogen and oxygen atoms in total. The first-order chi connectivity index (χ1) is 7.66. The number of rotatable bonds is 0. The summed E-state index contributed by atoms with van der Waals surface area (Å²) in [5.74, 6) is 0.890. The number of nitrogens with zero attached hydrogens (tertiary/aromatic N) is 2. The Labute approximate surface area is 102 Å². The fourth-order valence-corrected chi connectivity index (χ4v) is 2.53. The van der Waals surface area contributed by atoms with Crippen LogP contribution in [0.25, 0.3) is 11.3 Å². The Balaban J connectivity index is 2.31. The largest absolute Gasteiger partial charge is 0.484 e. The number of fused-ring (bicyclic) bond motifs is 3. The molecular weight excluding hydrogens is 268 g/mol. The van der Waals surface area contributed by atoms with Gasteiger partial charge in [0.25, 0.3) is 0 Å². The van der Waals surface area contributed by atoms with Crippen molar-refractivity contribution in [3.8, 4) is 17.0 Å². The van der Waals surface area contributed by atoms with Crippen molar-refractivity contribution >= 4 is 15.9 Å². The molecule has 1 atom stereocenters. The van der Waals surface area contributed by atoms with Gasteiger partial charge in [0.05, 0.1) is 4.47 Å². The van der Waals surface area contributed by atoms with Gasteiger partial charge in [0.1, 0.15) is 17.5 Å². The molecule has 1 aromatic heterocycles. The van der Waals surface area contributed by atoms with Crippen LogP contribution in [0.3, 0.4) is 0 Å². The van der Waals surface area contributed by atoms with E-state index in [1.807, 2.05) is 43.0 Å². The van der Waals surface area contributed by atoms with Crippen LogP contribution in [0.15, 0.2) is 28.9 Å². The van der Waals surface area contributed by atoms with Gasteiger partial charge < -0.3 is 4.74 Å². The molecule has 0 aliphatic carbocycles.